The molecule has 1 atom stereocenters. The molecule has 0 saturated carbocycles. The van der Waals surface area contributed by atoms with Crippen molar-refractivity contribution in [3.63, 3.8) is 0 Å². The third-order valence-electron chi connectivity index (χ3n) is 2.15. The summed E-state index contributed by atoms with van der Waals surface area (Å²) >= 11 is 0. The van der Waals surface area contributed by atoms with E-state index in [4.69, 9.17) is 20.6 Å². The minimum Gasteiger partial charge on any atom is -0.480 e. The van der Waals surface area contributed by atoms with Gasteiger partial charge in [-0.3, -0.25) is 9.36 Å². The third-order valence-corrected chi connectivity index (χ3v) is 2.93. The predicted octanol–water partition coefficient (Wildman–Crippen LogP) is 0.319. The zero-order valence-corrected chi connectivity index (χ0v) is 9.88. The van der Waals surface area contributed by atoms with Gasteiger partial charge in [0.2, 0.25) is 0 Å². The monoisotopic (exact) mass is 259 g/mol. The van der Waals surface area contributed by atoms with Crippen molar-refractivity contribution in [3.05, 3.63) is 35.4 Å². The Bertz CT molecular complexity index is 456. The van der Waals surface area contributed by atoms with Crippen LogP contribution in [0.5, 0.6) is 0 Å². The van der Waals surface area contributed by atoms with Gasteiger partial charge in [0.15, 0.2) is 0 Å². The number of hydrogen-bond acceptors (Lipinski definition) is 3. The lowest BCUT2D eigenvalue weighted by molar-refractivity contribution is -0.138. The fourth-order valence-corrected chi connectivity index (χ4v) is 2.11. The Morgan fingerprint density at radius 2 is 1.94 bits per heavy atom. The molecule has 0 amide bonds. The molecule has 0 heterocycles. The molecule has 0 fully saturated rings. The average Bonchev–Trinajstić information content (AvgIpc) is 2.15. The number of benzene rings is 1. The second kappa shape index (κ2) is 5.42. The number of carbonyl (C=O) groups is 1. The fourth-order valence-electron chi connectivity index (χ4n) is 1.43. The van der Waals surface area contributed by atoms with Crippen molar-refractivity contribution in [2.24, 2.45) is 5.73 Å². The van der Waals surface area contributed by atoms with Crippen LogP contribution in [0.25, 0.3) is 0 Å². The van der Waals surface area contributed by atoms with E-state index in [9.17, 15) is 9.36 Å². The van der Waals surface area contributed by atoms with Gasteiger partial charge in [-0.15, -0.1) is 0 Å². The van der Waals surface area contributed by atoms with E-state index in [-0.39, 0.29) is 12.6 Å². The second-order valence-electron chi connectivity index (χ2n) is 3.79. The van der Waals surface area contributed by atoms with Gasteiger partial charge < -0.3 is 20.6 Å². The van der Waals surface area contributed by atoms with Gasteiger partial charge in [-0.05, 0) is 17.5 Å². The Hall–Kier alpha value is -1.20. The van der Waals surface area contributed by atoms with E-state index in [1.54, 1.807) is 24.3 Å². The van der Waals surface area contributed by atoms with E-state index in [0.717, 1.165) is 0 Å². The van der Waals surface area contributed by atoms with Crippen LogP contribution in [0.4, 0.5) is 0 Å². The van der Waals surface area contributed by atoms with Crippen LogP contribution in [-0.4, -0.2) is 26.9 Å². The van der Waals surface area contributed by atoms with Crippen LogP contribution in [-0.2, 0) is 21.9 Å². The summed E-state index contributed by atoms with van der Waals surface area (Å²) in [5, 5.41) is 8.65. The molecular weight excluding hydrogens is 245 g/mol. The second-order valence-corrected chi connectivity index (χ2v) is 5.44. The Kier molecular flexibility index (Phi) is 4.42. The van der Waals surface area contributed by atoms with E-state index in [1.165, 1.54) is 0 Å². The number of aliphatic carboxylic acids is 1. The summed E-state index contributed by atoms with van der Waals surface area (Å²) in [4.78, 5) is 28.2. The van der Waals surface area contributed by atoms with Crippen LogP contribution in [0.2, 0.25) is 0 Å². The van der Waals surface area contributed by atoms with Crippen LogP contribution >= 0.6 is 7.60 Å². The quantitative estimate of drug-likeness (QED) is 0.565. The predicted molar refractivity (Wildman–Crippen MR) is 61.5 cm³/mol. The van der Waals surface area contributed by atoms with Gasteiger partial charge >= 0.3 is 13.6 Å². The first-order valence-corrected chi connectivity index (χ1v) is 6.68. The first-order chi connectivity index (χ1) is 7.78. The highest BCUT2D eigenvalue weighted by atomic mass is 31.2. The Labute approximate surface area is 98.2 Å². The number of hydrogen-bond donors (Lipinski definition) is 4. The Balaban J connectivity index is 2.79. The van der Waals surface area contributed by atoms with Crippen molar-refractivity contribution in [1.82, 2.24) is 0 Å². The lowest BCUT2D eigenvalue weighted by atomic mass is 10.0. The number of carboxylic acids is 1. The van der Waals surface area contributed by atoms with Gasteiger partial charge in [-0.1, -0.05) is 24.3 Å². The highest BCUT2D eigenvalue weighted by molar-refractivity contribution is 7.50. The van der Waals surface area contributed by atoms with Crippen LogP contribution < -0.4 is 5.73 Å². The molecule has 0 radical (unpaired) electrons. The maximum atomic E-state index is 10.8. The molecule has 0 aliphatic carbocycles. The van der Waals surface area contributed by atoms with Crippen molar-refractivity contribution >= 4 is 13.6 Å². The first-order valence-electron chi connectivity index (χ1n) is 4.89. The van der Waals surface area contributed by atoms with Crippen LogP contribution in [0.15, 0.2) is 24.3 Å². The molecule has 94 valence electrons. The highest BCUT2D eigenvalue weighted by Gasteiger charge is 2.15. The maximum absolute atomic E-state index is 10.8. The average molecular weight is 259 g/mol. The summed E-state index contributed by atoms with van der Waals surface area (Å²) < 4.78 is 10.8. The lowest BCUT2D eigenvalue weighted by Gasteiger charge is -2.09. The zero-order valence-electron chi connectivity index (χ0n) is 8.98. The van der Waals surface area contributed by atoms with Crippen molar-refractivity contribution < 1.29 is 24.3 Å². The van der Waals surface area contributed by atoms with Gasteiger partial charge in [0.05, 0.1) is 6.16 Å². The molecule has 0 bridgehead atoms. The highest BCUT2D eigenvalue weighted by Crippen LogP contribution is 2.39. The molecule has 7 heteroatoms. The maximum Gasteiger partial charge on any atom is 0.329 e. The summed E-state index contributed by atoms with van der Waals surface area (Å²) in [5.74, 6) is -1.11. The third kappa shape index (κ3) is 5.10. The number of nitrogens with two attached hydrogens (primary N) is 1. The van der Waals surface area contributed by atoms with Crippen molar-refractivity contribution in [2.45, 2.75) is 18.6 Å². The summed E-state index contributed by atoms with van der Waals surface area (Å²) in [7, 11) is -4.11. The van der Waals surface area contributed by atoms with E-state index < -0.39 is 19.6 Å². The summed E-state index contributed by atoms with van der Waals surface area (Å²) in [6.45, 7) is 0. The van der Waals surface area contributed by atoms with Crippen LogP contribution in [0, 0.1) is 0 Å². The van der Waals surface area contributed by atoms with Crippen LogP contribution in [0.1, 0.15) is 11.1 Å². The Morgan fingerprint density at radius 1 is 1.35 bits per heavy atom. The zero-order chi connectivity index (χ0) is 13.1. The topological polar surface area (TPSA) is 121 Å². The Morgan fingerprint density at radius 3 is 2.47 bits per heavy atom. The summed E-state index contributed by atoms with van der Waals surface area (Å²) in [6, 6.07) is 5.41. The van der Waals surface area contributed by atoms with E-state index >= 15 is 0 Å². The smallest absolute Gasteiger partial charge is 0.329 e. The number of carboxylic acid groups (broad SMARTS) is 1. The summed E-state index contributed by atoms with van der Waals surface area (Å²) in [6.07, 6.45) is -0.229. The van der Waals surface area contributed by atoms with E-state index in [2.05, 4.69) is 0 Å². The van der Waals surface area contributed by atoms with Crippen LogP contribution in [0.3, 0.4) is 0 Å². The molecule has 17 heavy (non-hydrogen) atoms. The number of rotatable bonds is 5. The molecular formula is C10H14NO5P. The van der Waals surface area contributed by atoms with Gasteiger partial charge in [0.25, 0.3) is 0 Å². The van der Waals surface area contributed by atoms with E-state index in [0.29, 0.717) is 11.1 Å². The molecule has 1 aromatic rings. The molecule has 5 N–H and O–H groups in total. The van der Waals surface area contributed by atoms with Gasteiger partial charge in [-0.25, -0.2) is 0 Å². The van der Waals surface area contributed by atoms with Gasteiger partial charge in [0, 0.05) is 0 Å². The molecule has 1 aromatic carbocycles. The first kappa shape index (κ1) is 13.9. The molecule has 0 aromatic heterocycles. The van der Waals surface area contributed by atoms with Crippen molar-refractivity contribution in [2.75, 3.05) is 0 Å². The lowest BCUT2D eigenvalue weighted by Crippen LogP contribution is -2.32. The van der Waals surface area contributed by atoms with E-state index in [1.807, 2.05) is 0 Å². The van der Waals surface area contributed by atoms with Gasteiger partial charge in [-0.2, -0.15) is 0 Å². The van der Waals surface area contributed by atoms with Gasteiger partial charge in [0.1, 0.15) is 6.04 Å². The standard InChI is InChI=1S/C10H14NO5P/c11-9(10(12)13)5-7-2-1-3-8(4-7)6-17(14,15)16/h1-4,9H,5-6,11H2,(H,12,13)(H2,14,15,16). The SMILES string of the molecule is NC(Cc1cccc(CP(=O)(O)O)c1)C(=O)O. The molecule has 0 spiro atoms. The van der Waals surface area contributed by atoms with Crippen molar-refractivity contribution in [1.29, 1.82) is 0 Å². The largest absolute Gasteiger partial charge is 0.480 e. The molecule has 0 aliphatic heterocycles. The minimum absolute atomic E-state index is 0.129. The molecule has 0 aliphatic rings. The minimum atomic E-state index is -4.11. The molecule has 1 unspecified atom stereocenters. The summed E-state index contributed by atoms with van der Waals surface area (Å²) in [5.41, 5.74) is 6.48. The van der Waals surface area contributed by atoms with Crippen molar-refractivity contribution in [3.8, 4) is 0 Å². The molecule has 6 nitrogen and oxygen atoms in total. The fraction of sp³-hybridized carbons (Fsp3) is 0.300. The molecule has 1 rings (SSSR count). The molecule has 0 saturated heterocycles. The normalized spacial score (nSPS) is 13.4.